The van der Waals surface area contributed by atoms with E-state index >= 15 is 0 Å². The van der Waals surface area contributed by atoms with Crippen LogP contribution < -0.4 is 5.48 Å². The average molecular weight is 276 g/mol. The third-order valence-electron chi connectivity index (χ3n) is 3.54. The number of hydrogen-bond acceptors (Lipinski definition) is 4. The molecule has 0 aliphatic heterocycles. The Hall–Kier alpha value is -2.92. The van der Waals surface area contributed by atoms with Crippen LogP contribution in [0.15, 0.2) is 60.8 Å². The minimum atomic E-state index is 0.478. The maximum absolute atomic E-state index is 9.15. The smallest absolute Gasteiger partial charge is 0.157 e. The Labute approximate surface area is 120 Å². The van der Waals surface area contributed by atoms with Gasteiger partial charge in [-0.1, -0.05) is 42.5 Å². The molecule has 0 aliphatic carbocycles. The topological polar surface area (TPSA) is 62.5 Å². The quantitative estimate of drug-likeness (QED) is 0.551. The molecule has 2 N–H and O–H groups in total. The van der Waals surface area contributed by atoms with Gasteiger partial charge in [0.2, 0.25) is 0 Å². The summed E-state index contributed by atoms with van der Waals surface area (Å²) < 4.78 is 1.58. The first-order chi connectivity index (χ1) is 10.4. The fourth-order valence-corrected chi connectivity index (χ4v) is 2.56. The van der Waals surface area contributed by atoms with E-state index in [2.05, 4.69) is 33.8 Å². The molecule has 0 atom stereocenters. The highest BCUT2D eigenvalue weighted by molar-refractivity contribution is 5.96. The number of nitrogens with zero attached hydrogens (tertiary/aromatic N) is 3. The maximum Gasteiger partial charge on any atom is 0.157 e. The molecule has 102 valence electrons. The molecule has 0 radical (unpaired) electrons. The number of anilines is 1. The van der Waals surface area contributed by atoms with E-state index in [1.54, 1.807) is 16.8 Å². The number of hydrogen-bond donors (Lipinski definition) is 2. The van der Waals surface area contributed by atoms with Crippen molar-refractivity contribution in [2.24, 2.45) is 0 Å². The lowest BCUT2D eigenvalue weighted by Gasteiger charge is -2.03. The molecular weight excluding hydrogens is 264 g/mol. The maximum atomic E-state index is 9.15. The van der Waals surface area contributed by atoms with Crippen molar-refractivity contribution in [2.75, 3.05) is 5.48 Å². The molecule has 2 aromatic heterocycles. The first kappa shape index (κ1) is 11.9. The summed E-state index contributed by atoms with van der Waals surface area (Å²) in [5, 5.41) is 16.0. The number of fused-ring (bicyclic) bond motifs is 2. The van der Waals surface area contributed by atoms with Gasteiger partial charge in [0, 0.05) is 23.9 Å². The standard InChI is InChI=1S/C16H12N4O/c21-19-15-8-9-17-16-10-14(18-20(15)16)13-7-3-5-11-4-1-2-6-12(11)13/h1-10,19,21H. The summed E-state index contributed by atoms with van der Waals surface area (Å²) in [6.07, 6.45) is 1.63. The van der Waals surface area contributed by atoms with Crippen molar-refractivity contribution in [1.82, 2.24) is 14.6 Å². The molecule has 21 heavy (non-hydrogen) atoms. The zero-order valence-electron chi connectivity index (χ0n) is 11.1. The summed E-state index contributed by atoms with van der Waals surface area (Å²) in [5.74, 6) is 0.478. The highest BCUT2D eigenvalue weighted by atomic mass is 16.5. The van der Waals surface area contributed by atoms with Crippen LogP contribution in [0.25, 0.3) is 27.7 Å². The second kappa shape index (κ2) is 4.57. The van der Waals surface area contributed by atoms with Gasteiger partial charge in [0.25, 0.3) is 0 Å². The van der Waals surface area contributed by atoms with Crippen LogP contribution in [0.4, 0.5) is 5.82 Å². The van der Waals surface area contributed by atoms with Gasteiger partial charge in [0.1, 0.15) is 0 Å². The van der Waals surface area contributed by atoms with E-state index in [-0.39, 0.29) is 0 Å². The van der Waals surface area contributed by atoms with E-state index < -0.39 is 0 Å². The predicted octanol–water partition coefficient (Wildman–Crippen LogP) is 3.35. The van der Waals surface area contributed by atoms with E-state index in [1.165, 1.54) is 5.39 Å². The van der Waals surface area contributed by atoms with Crippen LogP contribution in [-0.2, 0) is 0 Å². The van der Waals surface area contributed by atoms with Gasteiger partial charge in [-0.3, -0.25) is 10.7 Å². The lowest BCUT2D eigenvalue weighted by atomic mass is 10.0. The Morgan fingerprint density at radius 1 is 1.00 bits per heavy atom. The van der Waals surface area contributed by atoms with Gasteiger partial charge in [-0.15, -0.1) is 0 Å². The van der Waals surface area contributed by atoms with Crippen LogP contribution in [-0.4, -0.2) is 19.8 Å². The zero-order chi connectivity index (χ0) is 14.2. The molecule has 5 heteroatoms. The van der Waals surface area contributed by atoms with E-state index in [1.807, 2.05) is 30.3 Å². The molecule has 0 spiro atoms. The molecule has 4 aromatic rings. The highest BCUT2D eigenvalue weighted by Crippen LogP contribution is 2.28. The minimum Gasteiger partial charge on any atom is -0.290 e. The van der Waals surface area contributed by atoms with Crippen molar-refractivity contribution in [1.29, 1.82) is 0 Å². The lowest BCUT2D eigenvalue weighted by Crippen LogP contribution is -2.00. The number of nitrogens with one attached hydrogen (secondary N) is 1. The molecule has 2 heterocycles. The normalized spacial score (nSPS) is 11.1. The fraction of sp³-hybridized carbons (Fsp3) is 0. The van der Waals surface area contributed by atoms with Crippen molar-refractivity contribution in [2.45, 2.75) is 0 Å². The predicted molar refractivity (Wildman–Crippen MR) is 81.3 cm³/mol. The third-order valence-corrected chi connectivity index (χ3v) is 3.54. The number of rotatable bonds is 2. The van der Waals surface area contributed by atoms with Gasteiger partial charge in [0.05, 0.1) is 5.69 Å². The number of benzene rings is 2. The van der Waals surface area contributed by atoms with Crippen LogP contribution in [0, 0.1) is 0 Å². The van der Waals surface area contributed by atoms with Gasteiger partial charge in [0.15, 0.2) is 11.5 Å². The van der Waals surface area contributed by atoms with Gasteiger partial charge in [-0.2, -0.15) is 9.61 Å². The van der Waals surface area contributed by atoms with Crippen molar-refractivity contribution < 1.29 is 5.21 Å². The van der Waals surface area contributed by atoms with Gasteiger partial charge in [-0.05, 0) is 10.8 Å². The summed E-state index contributed by atoms with van der Waals surface area (Å²) in [6, 6.07) is 17.9. The average Bonchev–Trinajstić information content (AvgIpc) is 2.98. The van der Waals surface area contributed by atoms with Gasteiger partial charge < -0.3 is 0 Å². The third kappa shape index (κ3) is 1.83. The zero-order valence-corrected chi connectivity index (χ0v) is 11.1. The first-order valence-corrected chi connectivity index (χ1v) is 6.60. The van der Waals surface area contributed by atoms with E-state index in [9.17, 15) is 0 Å². The molecule has 0 fully saturated rings. The summed E-state index contributed by atoms with van der Waals surface area (Å²) in [6.45, 7) is 0. The first-order valence-electron chi connectivity index (χ1n) is 6.60. The molecule has 0 saturated heterocycles. The summed E-state index contributed by atoms with van der Waals surface area (Å²) in [5.41, 5.74) is 4.68. The molecular formula is C16H12N4O. The van der Waals surface area contributed by atoms with Crippen molar-refractivity contribution in [3.05, 3.63) is 60.8 Å². The largest absolute Gasteiger partial charge is 0.290 e. The van der Waals surface area contributed by atoms with Crippen LogP contribution in [0.3, 0.4) is 0 Å². The lowest BCUT2D eigenvalue weighted by molar-refractivity contribution is 0.383. The van der Waals surface area contributed by atoms with Crippen molar-refractivity contribution >= 4 is 22.2 Å². The van der Waals surface area contributed by atoms with E-state index in [0.29, 0.717) is 11.5 Å². The van der Waals surface area contributed by atoms with Gasteiger partial charge >= 0.3 is 0 Å². The monoisotopic (exact) mass is 276 g/mol. The second-order valence-electron chi connectivity index (χ2n) is 4.77. The van der Waals surface area contributed by atoms with Gasteiger partial charge in [-0.25, -0.2) is 4.98 Å². The SMILES string of the molecule is ONc1ccnc2cc(-c3cccc4ccccc34)nn12. The molecule has 0 unspecified atom stereocenters. The number of aromatic nitrogens is 3. The summed E-state index contributed by atoms with van der Waals surface area (Å²) in [7, 11) is 0. The Morgan fingerprint density at radius 2 is 1.86 bits per heavy atom. The molecule has 0 aliphatic rings. The van der Waals surface area contributed by atoms with Crippen LogP contribution >= 0.6 is 0 Å². The highest BCUT2D eigenvalue weighted by Gasteiger charge is 2.10. The molecule has 2 aromatic carbocycles. The fourth-order valence-electron chi connectivity index (χ4n) is 2.56. The molecule has 0 amide bonds. The van der Waals surface area contributed by atoms with Crippen molar-refractivity contribution in [3.63, 3.8) is 0 Å². The van der Waals surface area contributed by atoms with Crippen LogP contribution in [0.1, 0.15) is 0 Å². The molecule has 4 rings (SSSR count). The minimum absolute atomic E-state index is 0.478. The Morgan fingerprint density at radius 3 is 2.76 bits per heavy atom. The molecule has 5 nitrogen and oxygen atoms in total. The van der Waals surface area contributed by atoms with Crippen LogP contribution in [0.5, 0.6) is 0 Å². The van der Waals surface area contributed by atoms with E-state index in [4.69, 9.17) is 5.21 Å². The summed E-state index contributed by atoms with van der Waals surface area (Å²) in [4.78, 5) is 4.27. The molecule has 0 saturated carbocycles. The Kier molecular flexibility index (Phi) is 2.58. The Balaban J connectivity index is 2.01. The Bertz CT molecular complexity index is 940. The second-order valence-corrected chi connectivity index (χ2v) is 4.77. The van der Waals surface area contributed by atoms with Crippen LogP contribution in [0.2, 0.25) is 0 Å². The van der Waals surface area contributed by atoms with Crippen molar-refractivity contribution in [3.8, 4) is 11.3 Å². The molecule has 0 bridgehead atoms. The van der Waals surface area contributed by atoms with E-state index in [0.717, 1.165) is 16.6 Å². The summed E-state index contributed by atoms with van der Waals surface area (Å²) >= 11 is 0.